The maximum atomic E-state index is 12.0. The van der Waals surface area contributed by atoms with Crippen LogP contribution in [0.3, 0.4) is 0 Å². The van der Waals surface area contributed by atoms with Gasteiger partial charge in [0.25, 0.3) is 0 Å². The summed E-state index contributed by atoms with van der Waals surface area (Å²) >= 11 is 0. The number of hydrogen-bond acceptors (Lipinski definition) is 3. The Morgan fingerprint density at radius 2 is 1.96 bits per heavy atom. The number of carbonyl (C=O) groups is 1. The highest BCUT2D eigenvalue weighted by Crippen LogP contribution is 2.28. The third-order valence-corrected chi connectivity index (χ3v) is 3.00. The molecular formula is C14H17F3N4O2. The summed E-state index contributed by atoms with van der Waals surface area (Å²) in [5.41, 5.74) is 6.12. The van der Waals surface area contributed by atoms with E-state index in [-0.39, 0.29) is 23.5 Å². The Balaban J connectivity index is 1.74. The summed E-state index contributed by atoms with van der Waals surface area (Å²) in [4.78, 5) is 15.4. The maximum Gasteiger partial charge on any atom is 0.573 e. The van der Waals surface area contributed by atoms with Gasteiger partial charge in [-0.1, -0.05) is 0 Å². The molecule has 4 N–H and O–H groups in total. The predicted octanol–water partition coefficient (Wildman–Crippen LogP) is 1.84. The Morgan fingerprint density at radius 1 is 1.30 bits per heavy atom. The zero-order valence-corrected chi connectivity index (χ0v) is 12.2. The molecule has 2 rings (SSSR count). The van der Waals surface area contributed by atoms with Gasteiger partial charge < -0.3 is 21.1 Å². The second kappa shape index (κ2) is 7.21. The smallest absolute Gasteiger partial charge is 0.406 e. The van der Waals surface area contributed by atoms with Crippen LogP contribution in [0.25, 0.3) is 0 Å². The second-order valence-corrected chi connectivity index (χ2v) is 5.03. The maximum absolute atomic E-state index is 12.0. The molecule has 6 nitrogen and oxygen atoms in total. The minimum Gasteiger partial charge on any atom is -0.406 e. The highest BCUT2D eigenvalue weighted by atomic mass is 19.4. The standard InChI is InChI=1S/C14H17F3N4O2/c15-14(16,17)23-11-5-3-10(4-6-11)21-13(18)20-8-7-19-12(22)9-1-2-9/h3-6,9H,1-2,7-8H2,(H,19,22)(H3,18,20,21). The van der Waals surface area contributed by atoms with Gasteiger partial charge in [-0.25, -0.2) is 0 Å². The number of alkyl halides is 3. The first-order valence-electron chi connectivity index (χ1n) is 7.04. The van der Waals surface area contributed by atoms with Crippen LogP contribution in [0.15, 0.2) is 29.3 Å². The molecule has 9 heteroatoms. The van der Waals surface area contributed by atoms with Crippen molar-refractivity contribution in [1.82, 2.24) is 5.32 Å². The van der Waals surface area contributed by atoms with Crippen molar-refractivity contribution in [3.8, 4) is 5.75 Å². The minimum absolute atomic E-state index is 0.0342. The van der Waals surface area contributed by atoms with Crippen molar-refractivity contribution in [2.75, 3.05) is 18.4 Å². The summed E-state index contributed by atoms with van der Waals surface area (Å²) in [6, 6.07) is 5.11. The topological polar surface area (TPSA) is 88.7 Å². The first kappa shape index (κ1) is 16.9. The van der Waals surface area contributed by atoms with Gasteiger partial charge in [0.2, 0.25) is 5.91 Å². The van der Waals surface area contributed by atoms with Crippen LogP contribution in [-0.2, 0) is 4.79 Å². The van der Waals surface area contributed by atoms with Crippen LogP contribution in [0.4, 0.5) is 18.9 Å². The Labute approximate surface area is 130 Å². The highest BCUT2D eigenvalue weighted by Gasteiger charge is 2.31. The van der Waals surface area contributed by atoms with Crippen molar-refractivity contribution in [3.63, 3.8) is 0 Å². The number of nitrogens with one attached hydrogen (secondary N) is 2. The molecule has 0 aliphatic heterocycles. The molecule has 1 aromatic carbocycles. The van der Waals surface area contributed by atoms with Crippen molar-refractivity contribution in [2.24, 2.45) is 16.6 Å². The number of guanidine groups is 1. The van der Waals surface area contributed by atoms with Crippen LogP contribution in [-0.4, -0.2) is 31.3 Å². The molecule has 0 aromatic heterocycles. The van der Waals surface area contributed by atoms with Gasteiger partial charge in [-0.05, 0) is 37.1 Å². The Hall–Kier alpha value is -2.45. The van der Waals surface area contributed by atoms with Crippen molar-refractivity contribution >= 4 is 17.6 Å². The number of aliphatic imine (C=N–C) groups is 1. The molecule has 1 aromatic rings. The summed E-state index contributed by atoms with van der Waals surface area (Å²) in [6.07, 6.45) is -2.85. The molecular weight excluding hydrogens is 313 g/mol. The average molecular weight is 330 g/mol. The molecule has 0 atom stereocenters. The lowest BCUT2D eigenvalue weighted by atomic mass is 10.3. The molecule has 23 heavy (non-hydrogen) atoms. The number of amides is 1. The van der Waals surface area contributed by atoms with Crippen molar-refractivity contribution in [3.05, 3.63) is 24.3 Å². The number of carbonyl (C=O) groups excluding carboxylic acids is 1. The monoisotopic (exact) mass is 330 g/mol. The number of benzene rings is 1. The molecule has 1 aliphatic carbocycles. The van der Waals surface area contributed by atoms with E-state index < -0.39 is 6.36 Å². The summed E-state index contributed by atoms with van der Waals surface area (Å²) in [7, 11) is 0. The Morgan fingerprint density at radius 3 is 2.52 bits per heavy atom. The fourth-order valence-corrected chi connectivity index (χ4v) is 1.77. The molecule has 0 bridgehead atoms. The molecule has 1 aliphatic rings. The summed E-state index contributed by atoms with van der Waals surface area (Å²) < 4.78 is 39.8. The third-order valence-electron chi connectivity index (χ3n) is 3.00. The van der Waals surface area contributed by atoms with Gasteiger partial charge >= 0.3 is 6.36 Å². The fraction of sp³-hybridized carbons (Fsp3) is 0.429. The highest BCUT2D eigenvalue weighted by molar-refractivity contribution is 5.92. The van der Waals surface area contributed by atoms with Crippen LogP contribution in [0.5, 0.6) is 5.75 Å². The number of hydrogen-bond donors (Lipinski definition) is 3. The van der Waals surface area contributed by atoms with E-state index in [1.165, 1.54) is 24.3 Å². The molecule has 0 saturated heterocycles. The lowest BCUT2D eigenvalue weighted by Crippen LogP contribution is -2.29. The van der Waals surface area contributed by atoms with Crippen LogP contribution >= 0.6 is 0 Å². The zero-order chi connectivity index (χ0) is 16.9. The number of nitrogens with two attached hydrogens (primary N) is 1. The molecule has 0 radical (unpaired) electrons. The number of halogens is 3. The zero-order valence-electron chi connectivity index (χ0n) is 12.2. The Bertz CT molecular complexity index is 568. The summed E-state index contributed by atoms with van der Waals surface area (Å²) in [6.45, 7) is 0.697. The van der Waals surface area contributed by atoms with E-state index in [0.29, 0.717) is 18.8 Å². The third kappa shape index (κ3) is 6.45. The molecule has 126 valence electrons. The van der Waals surface area contributed by atoms with E-state index in [9.17, 15) is 18.0 Å². The number of nitrogens with zero attached hydrogens (tertiary/aromatic N) is 1. The van der Waals surface area contributed by atoms with E-state index >= 15 is 0 Å². The average Bonchev–Trinajstić information content (AvgIpc) is 3.28. The van der Waals surface area contributed by atoms with Gasteiger partial charge in [-0.15, -0.1) is 13.2 Å². The SMILES string of the molecule is NC(=NCCNC(=O)C1CC1)Nc1ccc(OC(F)(F)F)cc1. The van der Waals surface area contributed by atoms with Gasteiger partial charge in [0.05, 0.1) is 6.54 Å². The van der Waals surface area contributed by atoms with Crippen LogP contribution in [0.2, 0.25) is 0 Å². The lowest BCUT2D eigenvalue weighted by molar-refractivity contribution is -0.274. The quantitative estimate of drug-likeness (QED) is 0.422. The summed E-state index contributed by atoms with van der Waals surface area (Å²) in [5.74, 6) is -0.0321. The molecule has 0 heterocycles. The largest absolute Gasteiger partial charge is 0.573 e. The van der Waals surface area contributed by atoms with E-state index in [4.69, 9.17) is 5.73 Å². The second-order valence-electron chi connectivity index (χ2n) is 5.03. The van der Waals surface area contributed by atoms with E-state index in [1.807, 2.05) is 0 Å². The van der Waals surface area contributed by atoms with Gasteiger partial charge in [0.15, 0.2) is 5.96 Å². The normalized spacial score (nSPS) is 15.2. The van der Waals surface area contributed by atoms with Crippen molar-refractivity contribution in [1.29, 1.82) is 0 Å². The number of rotatable bonds is 6. The van der Waals surface area contributed by atoms with Crippen LogP contribution < -0.4 is 21.1 Å². The van der Waals surface area contributed by atoms with Gasteiger partial charge in [0, 0.05) is 18.2 Å². The predicted molar refractivity (Wildman–Crippen MR) is 79.0 cm³/mol. The van der Waals surface area contributed by atoms with E-state index in [2.05, 4.69) is 20.4 Å². The first-order valence-corrected chi connectivity index (χ1v) is 7.04. The van der Waals surface area contributed by atoms with Crippen molar-refractivity contribution in [2.45, 2.75) is 19.2 Å². The van der Waals surface area contributed by atoms with Gasteiger partial charge in [-0.3, -0.25) is 9.79 Å². The molecule has 0 spiro atoms. The summed E-state index contributed by atoms with van der Waals surface area (Å²) in [5, 5.41) is 5.47. The van der Waals surface area contributed by atoms with Gasteiger partial charge in [-0.2, -0.15) is 0 Å². The molecule has 1 saturated carbocycles. The lowest BCUT2D eigenvalue weighted by Gasteiger charge is -2.10. The van der Waals surface area contributed by atoms with E-state index in [1.54, 1.807) is 0 Å². The minimum atomic E-state index is -4.72. The molecule has 1 amide bonds. The van der Waals surface area contributed by atoms with Crippen LogP contribution in [0.1, 0.15) is 12.8 Å². The fourth-order valence-electron chi connectivity index (χ4n) is 1.77. The first-order chi connectivity index (χ1) is 10.8. The number of anilines is 1. The molecule has 0 unspecified atom stereocenters. The van der Waals surface area contributed by atoms with Gasteiger partial charge in [0.1, 0.15) is 5.75 Å². The molecule has 1 fully saturated rings. The number of ether oxygens (including phenoxy) is 1. The Kier molecular flexibility index (Phi) is 5.30. The van der Waals surface area contributed by atoms with Crippen LogP contribution in [0, 0.1) is 5.92 Å². The van der Waals surface area contributed by atoms with E-state index in [0.717, 1.165) is 12.8 Å². The van der Waals surface area contributed by atoms with Crippen molar-refractivity contribution < 1.29 is 22.7 Å².